The molecule has 1 N–H and O–H groups in total. The van der Waals surface area contributed by atoms with Crippen LogP contribution in [0.2, 0.25) is 0 Å². The van der Waals surface area contributed by atoms with Gasteiger partial charge in [-0.05, 0) is 49.7 Å². The first-order valence-corrected chi connectivity index (χ1v) is 6.06. The fourth-order valence-corrected chi connectivity index (χ4v) is 2.73. The molecule has 0 spiro atoms. The Morgan fingerprint density at radius 3 is 2.93 bits per heavy atom. The Morgan fingerprint density at radius 2 is 2.13 bits per heavy atom. The van der Waals surface area contributed by atoms with Crippen LogP contribution in [-0.4, -0.2) is 11.0 Å². The molecular formula is C13H18N2. The Kier molecular flexibility index (Phi) is 2.15. The van der Waals surface area contributed by atoms with E-state index >= 15 is 0 Å². The number of aromatic nitrogens is 1. The van der Waals surface area contributed by atoms with E-state index in [4.69, 9.17) is 0 Å². The van der Waals surface area contributed by atoms with E-state index in [0.29, 0.717) is 6.04 Å². The van der Waals surface area contributed by atoms with Crippen molar-refractivity contribution in [3.05, 3.63) is 23.4 Å². The van der Waals surface area contributed by atoms with Gasteiger partial charge in [-0.15, -0.1) is 0 Å². The zero-order chi connectivity index (χ0) is 10.3. The van der Waals surface area contributed by atoms with Crippen LogP contribution in [-0.2, 0) is 12.8 Å². The van der Waals surface area contributed by atoms with Gasteiger partial charge in [0.2, 0.25) is 0 Å². The Morgan fingerprint density at radius 1 is 1.27 bits per heavy atom. The highest BCUT2D eigenvalue weighted by molar-refractivity contribution is 5.41. The van der Waals surface area contributed by atoms with Gasteiger partial charge in [0.15, 0.2) is 0 Å². The quantitative estimate of drug-likeness (QED) is 0.797. The van der Waals surface area contributed by atoms with Gasteiger partial charge in [-0.2, -0.15) is 0 Å². The number of nitrogens with one attached hydrogen (secondary N) is 1. The summed E-state index contributed by atoms with van der Waals surface area (Å²) in [5.41, 5.74) is 2.79. The minimum absolute atomic E-state index is 0.673. The molecule has 1 aromatic rings. The summed E-state index contributed by atoms with van der Waals surface area (Å²) in [7, 11) is 0. The largest absolute Gasteiger partial charge is 0.367 e. The Hall–Kier alpha value is -1.05. The maximum absolute atomic E-state index is 4.69. The van der Waals surface area contributed by atoms with E-state index in [1.54, 1.807) is 0 Å². The monoisotopic (exact) mass is 202 g/mol. The summed E-state index contributed by atoms with van der Waals surface area (Å²) < 4.78 is 0. The molecular weight excluding hydrogens is 184 g/mol. The first-order valence-electron chi connectivity index (χ1n) is 6.06. The number of anilines is 1. The lowest BCUT2D eigenvalue weighted by atomic mass is 9.82. The summed E-state index contributed by atoms with van der Waals surface area (Å²) in [4.78, 5) is 4.69. The summed E-state index contributed by atoms with van der Waals surface area (Å²) in [5.74, 6) is 1.99. The maximum atomic E-state index is 4.69. The van der Waals surface area contributed by atoms with Gasteiger partial charge in [0.05, 0.1) is 0 Å². The Balaban J connectivity index is 1.70. The zero-order valence-electron chi connectivity index (χ0n) is 9.29. The van der Waals surface area contributed by atoms with Crippen molar-refractivity contribution in [1.82, 2.24) is 4.98 Å². The molecule has 2 aliphatic rings. The molecule has 0 aromatic carbocycles. The fourth-order valence-electron chi connectivity index (χ4n) is 2.73. The van der Waals surface area contributed by atoms with Gasteiger partial charge in [0, 0.05) is 11.7 Å². The van der Waals surface area contributed by atoms with Gasteiger partial charge in [-0.25, -0.2) is 4.98 Å². The topological polar surface area (TPSA) is 24.9 Å². The summed E-state index contributed by atoms with van der Waals surface area (Å²) in [6, 6.07) is 5.07. The van der Waals surface area contributed by atoms with Crippen LogP contribution in [0.15, 0.2) is 12.1 Å². The SMILES string of the molecule is CC1CC(Nc2ccc3c(n2)CCC3)C1. The first-order chi connectivity index (χ1) is 7.31. The predicted molar refractivity (Wildman–Crippen MR) is 62.1 cm³/mol. The number of rotatable bonds is 2. The van der Waals surface area contributed by atoms with Crippen molar-refractivity contribution in [2.45, 2.75) is 45.1 Å². The molecule has 1 fully saturated rings. The van der Waals surface area contributed by atoms with Gasteiger partial charge in [0.25, 0.3) is 0 Å². The lowest BCUT2D eigenvalue weighted by molar-refractivity contribution is 0.308. The second-order valence-electron chi connectivity index (χ2n) is 5.07. The molecule has 1 heterocycles. The van der Waals surface area contributed by atoms with E-state index in [1.165, 1.54) is 43.4 Å². The van der Waals surface area contributed by atoms with Gasteiger partial charge in [0.1, 0.15) is 5.82 Å². The van der Waals surface area contributed by atoms with Crippen LogP contribution in [0.3, 0.4) is 0 Å². The molecule has 0 atom stereocenters. The van der Waals surface area contributed by atoms with Crippen LogP contribution in [0.25, 0.3) is 0 Å². The van der Waals surface area contributed by atoms with Crippen molar-refractivity contribution in [3.63, 3.8) is 0 Å². The number of hydrogen-bond donors (Lipinski definition) is 1. The van der Waals surface area contributed by atoms with Crippen LogP contribution in [0, 0.1) is 5.92 Å². The van der Waals surface area contributed by atoms with Crippen molar-refractivity contribution < 1.29 is 0 Å². The highest BCUT2D eigenvalue weighted by Gasteiger charge is 2.25. The zero-order valence-corrected chi connectivity index (χ0v) is 9.29. The van der Waals surface area contributed by atoms with E-state index < -0.39 is 0 Å². The average Bonchev–Trinajstić information content (AvgIpc) is 2.62. The highest BCUT2D eigenvalue weighted by atomic mass is 15.0. The van der Waals surface area contributed by atoms with Gasteiger partial charge in [-0.1, -0.05) is 13.0 Å². The smallest absolute Gasteiger partial charge is 0.126 e. The second kappa shape index (κ2) is 3.51. The van der Waals surface area contributed by atoms with Gasteiger partial charge >= 0.3 is 0 Å². The van der Waals surface area contributed by atoms with Crippen LogP contribution >= 0.6 is 0 Å². The third-order valence-corrected chi connectivity index (χ3v) is 3.65. The third kappa shape index (κ3) is 1.73. The maximum Gasteiger partial charge on any atom is 0.126 e. The number of aryl methyl sites for hydroxylation is 2. The standard InChI is InChI=1S/C13H18N2/c1-9-7-11(8-9)14-13-6-5-10-3-2-4-12(10)15-13/h5-6,9,11H,2-4,7-8H2,1H3,(H,14,15). The average molecular weight is 202 g/mol. The lowest BCUT2D eigenvalue weighted by Gasteiger charge is -2.33. The van der Waals surface area contributed by atoms with E-state index in [-0.39, 0.29) is 0 Å². The van der Waals surface area contributed by atoms with E-state index in [0.717, 1.165) is 11.7 Å². The van der Waals surface area contributed by atoms with E-state index in [9.17, 15) is 0 Å². The summed E-state index contributed by atoms with van der Waals surface area (Å²) in [5, 5.41) is 3.53. The molecule has 1 aromatic heterocycles. The molecule has 2 heteroatoms. The van der Waals surface area contributed by atoms with Crippen LogP contribution in [0.1, 0.15) is 37.4 Å². The Bertz CT molecular complexity index is 367. The van der Waals surface area contributed by atoms with Crippen molar-refractivity contribution in [3.8, 4) is 0 Å². The molecule has 3 rings (SSSR count). The van der Waals surface area contributed by atoms with Gasteiger partial charge in [-0.3, -0.25) is 0 Å². The second-order valence-corrected chi connectivity index (χ2v) is 5.07. The molecule has 0 unspecified atom stereocenters. The molecule has 2 nitrogen and oxygen atoms in total. The first kappa shape index (κ1) is 9.20. The van der Waals surface area contributed by atoms with Crippen molar-refractivity contribution >= 4 is 5.82 Å². The summed E-state index contributed by atoms with van der Waals surface area (Å²) in [6.45, 7) is 2.31. The van der Waals surface area contributed by atoms with Crippen LogP contribution in [0.5, 0.6) is 0 Å². The molecule has 80 valence electrons. The molecule has 0 saturated heterocycles. The molecule has 0 aliphatic heterocycles. The molecule has 0 amide bonds. The normalized spacial score (nSPS) is 28.3. The van der Waals surface area contributed by atoms with Crippen molar-refractivity contribution in [1.29, 1.82) is 0 Å². The molecule has 0 bridgehead atoms. The van der Waals surface area contributed by atoms with Gasteiger partial charge < -0.3 is 5.32 Å². The van der Waals surface area contributed by atoms with E-state index in [1.807, 2.05) is 0 Å². The van der Waals surface area contributed by atoms with Crippen molar-refractivity contribution in [2.24, 2.45) is 5.92 Å². The third-order valence-electron chi connectivity index (χ3n) is 3.65. The number of nitrogens with zero attached hydrogens (tertiary/aromatic N) is 1. The molecule has 15 heavy (non-hydrogen) atoms. The van der Waals surface area contributed by atoms with Crippen molar-refractivity contribution in [2.75, 3.05) is 5.32 Å². The summed E-state index contributed by atoms with van der Waals surface area (Å²) >= 11 is 0. The van der Waals surface area contributed by atoms with Crippen LogP contribution in [0.4, 0.5) is 5.82 Å². The van der Waals surface area contributed by atoms with Crippen LogP contribution < -0.4 is 5.32 Å². The summed E-state index contributed by atoms with van der Waals surface area (Å²) in [6.07, 6.45) is 6.29. The fraction of sp³-hybridized carbons (Fsp3) is 0.615. The highest BCUT2D eigenvalue weighted by Crippen LogP contribution is 2.29. The minimum Gasteiger partial charge on any atom is -0.367 e. The van der Waals surface area contributed by atoms with E-state index in [2.05, 4.69) is 29.4 Å². The lowest BCUT2D eigenvalue weighted by Crippen LogP contribution is -2.34. The predicted octanol–water partition coefficient (Wildman–Crippen LogP) is 2.78. The number of fused-ring (bicyclic) bond motifs is 1. The number of hydrogen-bond acceptors (Lipinski definition) is 2. The number of pyridine rings is 1. The molecule has 0 radical (unpaired) electrons. The Labute approximate surface area is 91.1 Å². The minimum atomic E-state index is 0.673. The molecule has 1 saturated carbocycles. The molecule has 2 aliphatic carbocycles.